The summed E-state index contributed by atoms with van der Waals surface area (Å²) in [6, 6.07) is 0.144. The SMILES string of the molecule is CCS(=O)(=O)N1CCC2(CC(Nc3cnccn3)CO2)C1. The van der Waals surface area contributed by atoms with E-state index in [2.05, 4.69) is 15.3 Å². The van der Waals surface area contributed by atoms with Gasteiger partial charge in [-0.05, 0) is 13.3 Å². The highest BCUT2D eigenvalue weighted by molar-refractivity contribution is 7.89. The van der Waals surface area contributed by atoms with Crippen molar-refractivity contribution in [3.05, 3.63) is 18.6 Å². The predicted octanol–water partition coefficient (Wildman–Crippen LogP) is 0.472. The lowest BCUT2D eigenvalue weighted by molar-refractivity contribution is 0.0173. The molecule has 0 amide bonds. The van der Waals surface area contributed by atoms with Gasteiger partial charge in [-0.2, -0.15) is 4.31 Å². The molecule has 1 spiro atoms. The molecule has 2 atom stereocenters. The number of aromatic nitrogens is 2. The van der Waals surface area contributed by atoms with Gasteiger partial charge in [0.1, 0.15) is 5.82 Å². The average Bonchev–Trinajstić information content (AvgIpc) is 3.08. The van der Waals surface area contributed by atoms with Gasteiger partial charge in [-0.25, -0.2) is 13.4 Å². The van der Waals surface area contributed by atoms with Gasteiger partial charge in [0, 0.05) is 31.9 Å². The van der Waals surface area contributed by atoms with E-state index in [1.807, 2.05) is 0 Å². The topological polar surface area (TPSA) is 84.4 Å². The molecule has 8 heteroatoms. The molecule has 1 aromatic rings. The average molecular weight is 312 g/mol. The lowest BCUT2D eigenvalue weighted by Crippen LogP contribution is -2.37. The molecule has 2 fully saturated rings. The minimum Gasteiger partial charge on any atom is -0.371 e. The van der Waals surface area contributed by atoms with E-state index >= 15 is 0 Å². The standard InChI is InChI=1S/C13H20N4O3S/c1-2-21(18,19)17-6-3-13(10-17)7-11(9-20-13)16-12-8-14-4-5-15-12/h4-5,8,11H,2-3,6-7,9-10H2,1H3,(H,15,16). The highest BCUT2D eigenvalue weighted by Crippen LogP contribution is 2.37. The van der Waals surface area contributed by atoms with Crippen LogP contribution in [0.15, 0.2) is 18.6 Å². The van der Waals surface area contributed by atoms with Crippen molar-refractivity contribution < 1.29 is 13.2 Å². The lowest BCUT2D eigenvalue weighted by Gasteiger charge is -2.23. The first kappa shape index (κ1) is 14.7. The van der Waals surface area contributed by atoms with Crippen LogP contribution >= 0.6 is 0 Å². The van der Waals surface area contributed by atoms with Gasteiger partial charge in [-0.15, -0.1) is 0 Å². The predicted molar refractivity (Wildman–Crippen MR) is 78.4 cm³/mol. The van der Waals surface area contributed by atoms with Crippen molar-refractivity contribution in [1.82, 2.24) is 14.3 Å². The molecular formula is C13H20N4O3S. The summed E-state index contributed by atoms with van der Waals surface area (Å²) in [6.45, 7) is 3.25. The van der Waals surface area contributed by atoms with E-state index in [0.29, 0.717) is 19.7 Å². The van der Waals surface area contributed by atoms with Crippen LogP contribution in [0.1, 0.15) is 19.8 Å². The number of rotatable bonds is 4. The van der Waals surface area contributed by atoms with Gasteiger partial charge in [-0.3, -0.25) is 4.98 Å². The lowest BCUT2D eigenvalue weighted by atomic mass is 9.97. The second-order valence-electron chi connectivity index (χ2n) is 5.61. The molecule has 2 unspecified atom stereocenters. The Morgan fingerprint density at radius 2 is 2.38 bits per heavy atom. The Morgan fingerprint density at radius 1 is 1.52 bits per heavy atom. The molecule has 2 saturated heterocycles. The second-order valence-corrected chi connectivity index (χ2v) is 7.87. The molecule has 1 N–H and O–H groups in total. The van der Waals surface area contributed by atoms with Crippen molar-refractivity contribution in [2.45, 2.75) is 31.4 Å². The summed E-state index contributed by atoms with van der Waals surface area (Å²) < 4.78 is 31.4. The van der Waals surface area contributed by atoms with Gasteiger partial charge in [-0.1, -0.05) is 0 Å². The Balaban J connectivity index is 1.62. The fourth-order valence-corrected chi connectivity index (χ4v) is 4.20. The van der Waals surface area contributed by atoms with Gasteiger partial charge < -0.3 is 10.1 Å². The largest absolute Gasteiger partial charge is 0.371 e. The van der Waals surface area contributed by atoms with E-state index in [4.69, 9.17) is 4.74 Å². The molecule has 0 aliphatic carbocycles. The number of ether oxygens (including phenoxy) is 1. The highest BCUT2D eigenvalue weighted by Gasteiger charge is 2.48. The maximum atomic E-state index is 12.0. The zero-order valence-electron chi connectivity index (χ0n) is 12.0. The Hall–Kier alpha value is -1.25. The second kappa shape index (κ2) is 5.51. The van der Waals surface area contributed by atoms with E-state index < -0.39 is 10.0 Å². The summed E-state index contributed by atoms with van der Waals surface area (Å²) >= 11 is 0. The van der Waals surface area contributed by atoms with E-state index in [1.54, 1.807) is 29.8 Å². The molecule has 2 aliphatic heterocycles. The van der Waals surface area contributed by atoms with Crippen LogP contribution in [0, 0.1) is 0 Å². The van der Waals surface area contributed by atoms with Crippen LogP contribution in [-0.4, -0.2) is 59.8 Å². The first-order chi connectivity index (χ1) is 10.0. The van der Waals surface area contributed by atoms with Crippen molar-refractivity contribution in [3.8, 4) is 0 Å². The van der Waals surface area contributed by atoms with Crippen molar-refractivity contribution >= 4 is 15.8 Å². The number of hydrogen-bond acceptors (Lipinski definition) is 6. The van der Waals surface area contributed by atoms with Crippen LogP contribution in [-0.2, 0) is 14.8 Å². The zero-order chi connectivity index (χ0) is 14.9. The smallest absolute Gasteiger partial charge is 0.213 e. The molecule has 7 nitrogen and oxygen atoms in total. The van der Waals surface area contributed by atoms with Crippen LogP contribution in [0.2, 0.25) is 0 Å². The van der Waals surface area contributed by atoms with Crippen LogP contribution in [0.25, 0.3) is 0 Å². The first-order valence-electron chi connectivity index (χ1n) is 7.17. The number of nitrogens with zero attached hydrogens (tertiary/aromatic N) is 3. The van der Waals surface area contributed by atoms with Gasteiger partial charge in [0.25, 0.3) is 0 Å². The van der Waals surface area contributed by atoms with Crippen molar-refractivity contribution in [3.63, 3.8) is 0 Å². The number of anilines is 1. The van der Waals surface area contributed by atoms with E-state index in [9.17, 15) is 8.42 Å². The van der Waals surface area contributed by atoms with Crippen molar-refractivity contribution in [2.24, 2.45) is 0 Å². The summed E-state index contributed by atoms with van der Waals surface area (Å²) in [4.78, 5) is 8.21. The number of hydrogen-bond donors (Lipinski definition) is 1. The Labute approximate surface area is 124 Å². The van der Waals surface area contributed by atoms with Gasteiger partial charge in [0.2, 0.25) is 10.0 Å². The summed E-state index contributed by atoms with van der Waals surface area (Å²) in [5.41, 5.74) is -0.345. The fourth-order valence-electron chi connectivity index (χ4n) is 3.03. The van der Waals surface area contributed by atoms with Crippen molar-refractivity contribution in [1.29, 1.82) is 0 Å². The monoisotopic (exact) mass is 312 g/mol. The molecule has 0 saturated carbocycles. The summed E-state index contributed by atoms with van der Waals surface area (Å²) in [6.07, 6.45) is 6.49. The van der Waals surface area contributed by atoms with Crippen LogP contribution in [0.5, 0.6) is 0 Å². The molecule has 0 bridgehead atoms. The van der Waals surface area contributed by atoms with Crippen LogP contribution < -0.4 is 5.32 Å². The highest BCUT2D eigenvalue weighted by atomic mass is 32.2. The normalized spacial score (nSPS) is 30.0. The molecule has 1 aromatic heterocycles. The molecule has 3 heterocycles. The molecule has 21 heavy (non-hydrogen) atoms. The number of nitrogens with one attached hydrogen (secondary N) is 1. The van der Waals surface area contributed by atoms with Gasteiger partial charge >= 0.3 is 0 Å². The van der Waals surface area contributed by atoms with E-state index in [0.717, 1.165) is 18.7 Å². The quantitative estimate of drug-likeness (QED) is 0.870. The van der Waals surface area contributed by atoms with Crippen molar-refractivity contribution in [2.75, 3.05) is 30.8 Å². The van der Waals surface area contributed by atoms with E-state index in [-0.39, 0.29) is 17.4 Å². The third-order valence-electron chi connectivity index (χ3n) is 4.16. The Bertz CT molecular complexity index is 595. The molecule has 3 rings (SSSR count). The zero-order valence-corrected chi connectivity index (χ0v) is 12.8. The third kappa shape index (κ3) is 3.02. The maximum absolute atomic E-state index is 12.0. The maximum Gasteiger partial charge on any atom is 0.213 e. The number of sulfonamides is 1. The molecule has 116 valence electrons. The van der Waals surface area contributed by atoms with Gasteiger partial charge in [0.15, 0.2) is 0 Å². The minimum atomic E-state index is -3.13. The van der Waals surface area contributed by atoms with Gasteiger partial charge in [0.05, 0.1) is 30.2 Å². The van der Waals surface area contributed by atoms with Crippen LogP contribution in [0.4, 0.5) is 5.82 Å². The van der Waals surface area contributed by atoms with E-state index in [1.165, 1.54) is 0 Å². The third-order valence-corrected chi connectivity index (χ3v) is 5.99. The van der Waals surface area contributed by atoms with Crippen LogP contribution in [0.3, 0.4) is 0 Å². The molecule has 0 radical (unpaired) electrons. The molecule has 0 aromatic carbocycles. The molecular weight excluding hydrogens is 292 g/mol. The fraction of sp³-hybridized carbons (Fsp3) is 0.692. The Kier molecular flexibility index (Phi) is 3.85. The minimum absolute atomic E-state index is 0.143. The molecule has 2 aliphatic rings. The summed E-state index contributed by atoms with van der Waals surface area (Å²) in [5, 5.41) is 3.29. The Morgan fingerprint density at radius 3 is 3.10 bits per heavy atom. The summed E-state index contributed by atoms with van der Waals surface area (Å²) in [7, 11) is -3.13. The first-order valence-corrected chi connectivity index (χ1v) is 8.78. The summed E-state index contributed by atoms with van der Waals surface area (Å²) in [5.74, 6) is 0.865.